The van der Waals surface area contributed by atoms with E-state index in [4.69, 9.17) is 9.15 Å². The summed E-state index contributed by atoms with van der Waals surface area (Å²) >= 11 is 0. The lowest BCUT2D eigenvalue weighted by Gasteiger charge is -2.11. The highest BCUT2D eigenvalue weighted by Gasteiger charge is 2.20. The largest absolute Gasteiger partial charge is 0.496 e. The van der Waals surface area contributed by atoms with Gasteiger partial charge in [0.2, 0.25) is 5.78 Å². The molecule has 0 radical (unpaired) electrons. The maximum Gasteiger partial charge on any atom is 0.232 e. The zero-order chi connectivity index (χ0) is 14.0. The molecule has 2 rings (SSSR count). The van der Waals surface area contributed by atoms with Gasteiger partial charge in [-0.2, -0.15) is 0 Å². The first-order chi connectivity index (χ1) is 9.06. The number of furan rings is 1. The third-order valence-electron chi connectivity index (χ3n) is 3.12. The van der Waals surface area contributed by atoms with Crippen molar-refractivity contribution in [2.45, 2.75) is 27.2 Å². The van der Waals surface area contributed by atoms with Gasteiger partial charge in [-0.25, -0.2) is 0 Å². The number of carbonyl (C=O) groups is 1. The Hall–Kier alpha value is -2.03. The first kappa shape index (κ1) is 13.4. The smallest absolute Gasteiger partial charge is 0.232 e. The van der Waals surface area contributed by atoms with Crippen LogP contribution in [0.25, 0.3) is 0 Å². The fourth-order valence-corrected chi connectivity index (χ4v) is 2.19. The summed E-state index contributed by atoms with van der Waals surface area (Å²) in [6.07, 6.45) is 0.775. The number of ether oxygens (including phenoxy) is 1. The minimum absolute atomic E-state index is 0.131. The Balaban J connectivity index is 2.49. The number of hydrogen-bond acceptors (Lipinski definition) is 3. The molecule has 0 fully saturated rings. The van der Waals surface area contributed by atoms with E-state index in [-0.39, 0.29) is 5.78 Å². The van der Waals surface area contributed by atoms with Gasteiger partial charge in [-0.15, -0.1) is 0 Å². The molecule has 0 spiro atoms. The summed E-state index contributed by atoms with van der Waals surface area (Å²) in [6.45, 7) is 5.88. The summed E-state index contributed by atoms with van der Waals surface area (Å²) in [7, 11) is 1.57. The lowest BCUT2D eigenvalue weighted by molar-refractivity contribution is 0.100. The number of hydrogen-bond donors (Lipinski definition) is 0. The van der Waals surface area contributed by atoms with Crippen molar-refractivity contribution in [2.75, 3.05) is 7.11 Å². The van der Waals surface area contributed by atoms with Gasteiger partial charge in [0, 0.05) is 6.42 Å². The summed E-state index contributed by atoms with van der Waals surface area (Å²) in [5, 5.41) is 0. The molecule has 0 unspecified atom stereocenters. The third kappa shape index (κ3) is 2.55. The molecule has 1 aromatic carbocycles. The zero-order valence-corrected chi connectivity index (χ0v) is 11.7. The van der Waals surface area contributed by atoms with E-state index in [1.54, 1.807) is 13.2 Å². The number of ketones is 1. The van der Waals surface area contributed by atoms with E-state index in [2.05, 4.69) is 0 Å². The predicted octanol–water partition coefficient (Wildman–Crippen LogP) is 3.70. The number of benzene rings is 1. The van der Waals surface area contributed by atoms with Crippen LogP contribution in [0.1, 0.15) is 39.9 Å². The average molecular weight is 258 g/mol. The second-order valence-corrected chi connectivity index (χ2v) is 4.61. The van der Waals surface area contributed by atoms with Crippen molar-refractivity contribution in [3.05, 3.63) is 52.5 Å². The average Bonchev–Trinajstić information content (AvgIpc) is 2.85. The van der Waals surface area contributed by atoms with E-state index in [1.807, 2.05) is 39.0 Å². The van der Waals surface area contributed by atoms with Crippen LogP contribution in [0, 0.1) is 13.8 Å². The quantitative estimate of drug-likeness (QED) is 0.785. The van der Waals surface area contributed by atoms with Crippen molar-refractivity contribution in [1.29, 1.82) is 0 Å². The van der Waals surface area contributed by atoms with E-state index < -0.39 is 0 Å². The van der Waals surface area contributed by atoms with E-state index in [1.165, 1.54) is 0 Å². The summed E-state index contributed by atoms with van der Waals surface area (Å²) in [5.74, 6) is 1.64. The first-order valence-corrected chi connectivity index (χ1v) is 6.35. The van der Waals surface area contributed by atoms with E-state index in [0.29, 0.717) is 17.1 Å². The highest BCUT2D eigenvalue weighted by atomic mass is 16.5. The molecule has 0 N–H and O–H groups in total. The van der Waals surface area contributed by atoms with Crippen molar-refractivity contribution in [1.82, 2.24) is 0 Å². The van der Waals surface area contributed by atoms with Crippen LogP contribution >= 0.6 is 0 Å². The number of methoxy groups -OCH3 is 1. The zero-order valence-electron chi connectivity index (χ0n) is 11.7. The van der Waals surface area contributed by atoms with Gasteiger partial charge >= 0.3 is 0 Å². The predicted molar refractivity (Wildman–Crippen MR) is 74.0 cm³/mol. The molecule has 0 saturated carbocycles. The molecule has 19 heavy (non-hydrogen) atoms. The molecule has 0 bridgehead atoms. The SMILES string of the molecule is CCc1ccc(C(=O)c2c(C)cc(C)cc2OC)o1. The third-order valence-corrected chi connectivity index (χ3v) is 3.12. The Labute approximate surface area is 113 Å². The van der Waals surface area contributed by atoms with Crippen LogP contribution in [0.4, 0.5) is 0 Å². The van der Waals surface area contributed by atoms with Gasteiger partial charge in [0.1, 0.15) is 11.5 Å². The molecule has 0 atom stereocenters. The molecule has 100 valence electrons. The Bertz CT molecular complexity index is 608. The molecule has 0 aliphatic carbocycles. The fourth-order valence-electron chi connectivity index (χ4n) is 2.19. The van der Waals surface area contributed by atoms with E-state index >= 15 is 0 Å². The molecule has 0 saturated heterocycles. The van der Waals surface area contributed by atoms with Crippen molar-refractivity contribution in [3.63, 3.8) is 0 Å². The highest BCUT2D eigenvalue weighted by molar-refractivity contribution is 6.10. The van der Waals surface area contributed by atoms with Crippen LogP contribution in [-0.4, -0.2) is 12.9 Å². The maximum atomic E-state index is 12.5. The molecule has 1 heterocycles. The fraction of sp³-hybridized carbons (Fsp3) is 0.312. The summed E-state index contributed by atoms with van der Waals surface area (Å²) < 4.78 is 10.8. The maximum absolute atomic E-state index is 12.5. The monoisotopic (exact) mass is 258 g/mol. The van der Waals surface area contributed by atoms with Crippen LogP contribution in [0.5, 0.6) is 5.75 Å². The molecule has 1 aromatic heterocycles. The second-order valence-electron chi connectivity index (χ2n) is 4.61. The molecule has 0 amide bonds. The lowest BCUT2D eigenvalue weighted by atomic mass is 9.99. The van der Waals surface area contributed by atoms with Crippen LogP contribution in [0.15, 0.2) is 28.7 Å². The Morgan fingerprint density at radius 2 is 2.00 bits per heavy atom. The molecule has 0 aliphatic heterocycles. The molecule has 0 aliphatic rings. The Kier molecular flexibility index (Phi) is 3.74. The summed E-state index contributed by atoms with van der Waals surface area (Å²) in [6, 6.07) is 7.40. The van der Waals surface area contributed by atoms with Crippen LogP contribution in [-0.2, 0) is 6.42 Å². The molecule has 2 aromatic rings. The van der Waals surface area contributed by atoms with Gasteiger partial charge in [0.05, 0.1) is 12.7 Å². The van der Waals surface area contributed by atoms with Crippen molar-refractivity contribution < 1.29 is 13.9 Å². The van der Waals surface area contributed by atoms with Gasteiger partial charge in [-0.3, -0.25) is 4.79 Å². The van der Waals surface area contributed by atoms with Gasteiger partial charge in [0.25, 0.3) is 0 Å². The van der Waals surface area contributed by atoms with Crippen LogP contribution in [0.3, 0.4) is 0 Å². The van der Waals surface area contributed by atoms with Gasteiger partial charge < -0.3 is 9.15 Å². The van der Waals surface area contributed by atoms with E-state index in [0.717, 1.165) is 23.3 Å². The van der Waals surface area contributed by atoms with Gasteiger partial charge in [0.15, 0.2) is 5.76 Å². The standard InChI is InChI=1S/C16H18O3/c1-5-12-6-7-13(19-12)16(17)15-11(3)8-10(2)9-14(15)18-4/h6-9H,5H2,1-4H3. The normalized spacial score (nSPS) is 10.5. The molecular formula is C16H18O3. The van der Waals surface area contributed by atoms with Crippen molar-refractivity contribution in [3.8, 4) is 5.75 Å². The topological polar surface area (TPSA) is 39.4 Å². The van der Waals surface area contributed by atoms with Gasteiger partial charge in [-0.1, -0.05) is 13.0 Å². The number of rotatable bonds is 4. The molecule has 3 nitrogen and oxygen atoms in total. The molecular weight excluding hydrogens is 240 g/mol. The van der Waals surface area contributed by atoms with Crippen LogP contribution in [0.2, 0.25) is 0 Å². The minimum Gasteiger partial charge on any atom is -0.496 e. The first-order valence-electron chi connectivity index (χ1n) is 6.35. The van der Waals surface area contributed by atoms with E-state index in [9.17, 15) is 4.79 Å². The van der Waals surface area contributed by atoms with Crippen LogP contribution < -0.4 is 4.74 Å². The second kappa shape index (κ2) is 5.31. The lowest BCUT2D eigenvalue weighted by Crippen LogP contribution is -2.06. The minimum atomic E-state index is -0.131. The number of aryl methyl sites for hydroxylation is 3. The Morgan fingerprint density at radius 3 is 2.58 bits per heavy atom. The Morgan fingerprint density at radius 1 is 1.26 bits per heavy atom. The highest BCUT2D eigenvalue weighted by Crippen LogP contribution is 2.27. The van der Waals surface area contributed by atoms with Crippen molar-refractivity contribution in [2.24, 2.45) is 0 Å². The molecule has 3 heteroatoms. The van der Waals surface area contributed by atoms with Gasteiger partial charge in [-0.05, 0) is 43.2 Å². The summed E-state index contributed by atoms with van der Waals surface area (Å²) in [5.41, 5.74) is 2.54. The summed E-state index contributed by atoms with van der Waals surface area (Å²) in [4.78, 5) is 12.5. The van der Waals surface area contributed by atoms with Crippen molar-refractivity contribution >= 4 is 5.78 Å². The number of carbonyl (C=O) groups excluding carboxylic acids is 1.